The fraction of sp³-hybridized carbons (Fsp3) is 0.115. The molecule has 0 aliphatic rings. The van der Waals surface area contributed by atoms with E-state index in [4.69, 9.17) is 4.74 Å². The van der Waals surface area contributed by atoms with Crippen molar-refractivity contribution in [2.24, 2.45) is 0 Å². The molecule has 0 atom stereocenters. The number of hydrogen-bond acceptors (Lipinski definition) is 4. The van der Waals surface area contributed by atoms with Gasteiger partial charge < -0.3 is 14.6 Å². The lowest BCUT2D eigenvalue weighted by Gasteiger charge is -2.10. The first-order chi connectivity index (χ1) is 16.9. The molecule has 2 heterocycles. The summed E-state index contributed by atoms with van der Waals surface area (Å²) in [7, 11) is 1.57. The van der Waals surface area contributed by atoms with Crippen molar-refractivity contribution in [3.05, 3.63) is 101 Å². The number of carbonyl (C=O) groups is 1. The molecule has 9 heteroatoms. The summed E-state index contributed by atoms with van der Waals surface area (Å²) in [4.78, 5) is 30.8. The highest BCUT2D eigenvalue weighted by molar-refractivity contribution is 6.06. The molecule has 5 rings (SSSR count). The Hall–Kier alpha value is -4.53. The molecule has 0 saturated heterocycles. The van der Waals surface area contributed by atoms with Gasteiger partial charge in [0.25, 0.3) is 5.56 Å². The van der Waals surface area contributed by atoms with Crippen molar-refractivity contribution < 1.29 is 18.3 Å². The molecule has 7 nitrogen and oxygen atoms in total. The number of carbonyl (C=O) groups excluding carboxylic acids is 1. The fourth-order valence-electron chi connectivity index (χ4n) is 4.05. The van der Waals surface area contributed by atoms with E-state index >= 15 is 0 Å². The third kappa shape index (κ3) is 4.35. The molecular weight excluding hydrogens is 454 g/mol. The molecule has 0 fully saturated rings. The Balaban J connectivity index is 1.57. The van der Waals surface area contributed by atoms with E-state index in [0.29, 0.717) is 27.9 Å². The smallest absolute Gasteiger partial charge is 0.278 e. The first kappa shape index (κ1) is 22.3. The summed E-state index contributed by atoms with van der Waals surface area (Å²) >= 11 is 0. The number of nitrogens with zero attached hydrogens (tertiary/aromatic N) is 3. The zero-order valence-electron chi connectivity index (χ0n) is 18.7. The third-order valence-corrected chi connectivity index (χ3v) is 5.73. The van der Waals surface area contributed by atoms with E-state index in [1.54, 1.807) is 19.2 Å². The van der Waals surface area contributed by atoms with E-state index in [2.05, 4.69) is 10.3 Å². The lowest BCUT2D eigenvalue weighted by atomic mass is 10.2. The van der Waals surface area contributed by atoms with Crippen LogP contribution in [-0.4, -0.2) is 27.1 Å². The number of methoxy groups -OCH3 is 1. The van der Waals surface area contributed by atoms with Crippen LogP contribution < -0.4 is 15.6 Å². The van der Waals surface area contributed by atoms with Crippen molar-refractivity contribution in [3.8, 4) is 5.75 Å². The van der Waals surface area contributed by atoms with Gasteiger partial charge in [-0.05, 0) is 60.2 Å². The second-order valence-electron chi connectivity index (χ2n) is 8.03. The van der Waals surface area contributed by atoms with Crippen LogP contribution in [0.25, 0.3) is 21.9 Å². The highest BCUT2D eigenvalue weighted by Gasteiger charge is 2.19. The van der Waals surface area contributed by atoms with Crippen molar-refractivity contribution in [2.75, 3.05) is 12.4 Å². The molecule has 35 heavy (non-hydrogen) atoms. The Morgan fingerprint density at radius 2 is 1.71 bits per heavy atom. The van der Waals surface area contributed by atoms with Gasteiger partial charge >= 0.3 is 0 Å². The first-order valence-corrected chi connectivity index (χ1v) is 10.8. The fourth-order valence-corrected chi connectivity index (χ4v) is 4.05. The van der Waals surface area contributed by atoms with E-state index in [9.17, 15) is 18.4 Å². The summed E-state index contributed by atoms with van der Waals surface area (Å²) < 4.78 is 35.4. The molecule has 1 N–H and O–H groups in total. The molecule has 0 radical (unpaired) electrons. The number of aromatic nitrogens is 3. The average Bonchev–Trinajstić information content (AvgIpc) is 3.15. The van der Waals surface area contributed by atoms with Gasteiger partial charge in [0.2, 0.25) is 5.91 Å². The summed E-state index contributed by atoms with van der Waals surface area (Å²) in [5.41, 5.74) is 1.91. The predicted octanol–water partition coefficient (Wildman–Crippen LogP) is 4.33. The van der Waals surface area contributed by atoms with Crippen molar-refractivity contribution in [2.45, 2.75) is 13.1 Å². The molecule has 3 aromatic carbocycles. The topological polar surface area (TPSA) is 78.2 Å². The van der Waals surface area contributed by atoms with E-state index in [1.807, 2.05) is 12.1 Å². The summed E-state index contributed by atoms with van der Waals surface area (Å²) in [5, 5.41) is 3.12. The summed E-state index contributed by atoms with van der Waals surface area (Å²) in [6.07, 6.45) is 1.42. The van der Waals surface area contributed by atoms with Gasteiger partial charge in [0, 0.05) is 11.1 Å². The molecule has 1 amide bonds. The number of nitrogens with one attached hydrogen (secondary N) is 1. The second kappa shape index (κ2) is 9.02. The largest absolute Gasteiger partial charge is 0.497 e. The second-order valence-corrected chi connectivity index (χ2v) is 8.03. The number of hydrogen-bond donors (Lipinski definition) is 1. The summed E-state index contributed by atoms with van der Waals surface area (Å²) in [6.45, 7) is 0.0376. The van der Waals surface area contributed by atoms with E-state index in [-0.39, 0.29) is 24.2 Å². The predicted molar refractivity (Wildman–Crippen MR) is 129 cm³/mol. The third-order valence-electron chi connectivity index (χ3n) is 5.73. The highest BCUT2D eigenvalue weighted by atomic mass is 19.1. The molecule has 0 aliphatic carbocycles. The Morgan fingerprint density at radius 3 is 2.43 bits per heavy atom. The molecule has 5 aromatic rings. The normalized spacial score (nSPS) is 11.2. The van der Waals surface area contributed by atoms with Crippen LogP contribution in [0.3, 0.4) is 0 Å². The first-order valence-electron chi connectivity index (χ1n) is 10.8. The lowest BCUT2D eigenvalue weighted by molar-refractivity contribution is -0.116. The SMILES string of the molecule is COc1ccc(Cn2cnc3c4cc(F)ccc4n(CC(=O)Nc4ccc(F)cc4)c3c2=O)cc1. The van der Waals surface area contributed by atoms with Crippen LogP contribution in [0.4, 0.5) is 14.5 Å². The van der Waals surface area contributed by atoms with E-state index < -0.39 is 17.5 Å². The minimum Gasteiger partial charge on any atom is -0.497 e. The van der Waals surface area contributed by atoms with Crippen molar-refractivity contribution >= 4 is 33.5 Å². The Bertz CT molecular complexity index is 1610. The number of halogens is 2. The zero-order chi connectivity index (χ0) is 24.5. The maximum absolute atomic E-state index is 14.0. The van der Waals surface area contributed by atoms with Gasteiger partial charge in [-0.1, -0.05) is 12.1 Å². The minimum atomic E-state index is -0.475. The lowest BCUT2D eigenvalue weighted by Crippen LogP contribution is -2.25. The van der Waals surface area contributed by atoms with Crippen LogP contribution in [-0.2, 0) is 17.9 Å². The van der Waals surface area contributed by atoms with Crippen molar-refractivity contribution in [1.82, 2.24) is 14.1 Å². The Labute approximate surface area is 198 Å². The van der Waals surface area contributed by atoms with Crippen LogP contribution in [0.1, 0.15) is 5.56 Å². The maximum Gasteiger partial charge on any atom is 0.278 e. The van der Waals surface area contributed by atoms with Gasteiger partial charge in [0.15, 0.2) is 0 Å². The van der Waals surface area contributed by atoms with Crippen molar-refractivity contribution in [1.29, 1.82) is 0 Å². The van der Waals surface area contributed by atoms with Gasteiger partial charge in [0.05, 0.1) is 25.5 Å². The monoisotopic (exact) mass is 474 g/mol. The summed E-state index contributed by atoms with van der Waals surface area (Å²) in [5.74, 6) is -0.624. The van der Waals surface area contributed by atoms with Gasteiger partial charge in [0.1, 0.15) is 35.0 Å². The molecule has 176 valence electrons. The van der Waals surface area contributed by atoms with E-state index in [0.717, 1.165) is 5.56 Å². The Kier molecular flexibility index (Phi) is 5.74. The van der Waals surface area contributed by atoms with Crippen LogP contribution in [0.2, 0.25) is 0 Å². The number of amides is 1. The van der Waals surface area contributed by atoms with Crippen LogP contribution in [0.15, 0.2) is 77.9 Å². The van der Waals surface area contributed by atoms with Crippen molar-refractivity contribution in [3.63, 3.8) is 0 Å². The summed E-state index contributed by atoms with van der Waals surface area (Å²) in [6, 6.07) is 16.7. The average molecular weight is 474 g/mol. The zero-order valence-corrected chi connectivity index (χ0v) is 18.7. The molecule has 0 unspecified atom stereocenters. The van der Waals surface area contributed by atoms with Crippen LogP contribution >= 0.6 is 0 Å². The number of benzene rings is 3. The van der Waals surface area contributed by atoms with E-state index in [1.165, 1.54) is 57.9 Å². The van der Waals surface area contributed by atoms with Crippen LogP contribution in [0.5, 0.6) is 5.75 Å². The van der Waals surface area contributed by atoms with Gasteiger partial charge in [-0.15, -0.1) is 0 Å². The number of anilines is 1. The van der Waals surface area contributed by atoms with Gasteiger partial charge in [-0.25, -0.2) is 13.8 Å². The van der Waals surface area contributed by atoms with Gasteiger partial charge in [-0.2, -0.15) is 0 Å². The number of rotatable bonds is 6. The molecule has 0 spiro atoms. The van der Waals surface area contributed by atoms with Crippen LogP contribution in [0, 0.1) is 11.6 Å². The highest BCUT2D eigenvalue weighted by Crippen LogP contribution is 2.26. The van der Waals surface area contributed by atoms with Gasteiger partial charge in [-0.3, -0.25) is 14.2 Å². The molecule has 0 bridgehead atoms. The number of fused-ring (bicyclic) bond motifs is 3. The molecule has 0 saturated carbocycles. The molecule has 2 aromatic heterocycles. The maximum atomic E-state index is 14.0. The standard InChI is InChI=1S/C26H20F2N4O3/c1-35-20-9-2-16(3-10-20)13-31-15-29-24-21-12-18(28)6-11-22(21)32(25(24)26(31)34)14-23(33)30-19-7-4-17(27)5-8-19/h2-12,15H,13-14H2,1H3,(H,30,33). The minimum absolute atomic E-state index is 0.191. The Morgan fingerprint density at radius 1 is 1.00 bits per heavy atom. The molecule has 0 aliphatic heterocycles. The number of ether oxygens (including phenoxy) is 1. The quantitative estimate of drug-likeness (QED) is 0.398. The molecular formula is C26H20F2N4O3.